The van der Waals surface area contributed by atoms with Crippen molar-refractivity contribution < 1.29 is 28.6 Å². The van der Waals surface area contributed by atoms with Crippen molar-refractivity contribution >= 4 is 23.7 Å². The van der Waals surface area contributed by atoms with Crippen LogP contribution in [0.3, 0.4) is 0 Å². The number of hydrogen-bond acceptors (Lipinski definition) is 9. The molecule has 1 fully saturated rings. The molecule has 2 aromatic carbocycles. The number of aromatic nitrogens is 2. The smallest absolute Gasteiger partial charge is 0.351 e. The number of amides is 1. The molecule has 4 atom stereocenters. The second-order valence-electron chi connectivity index (χ2n) is 8.84. The highest BCUT2D eigenvalue weighted by molar-refractivity contribution is 6.03. The Morgan fingerprint density at radius 2 is 1.80 bits per heavy atom. The van der Waals surface area contributed by atoms with Crippen LogP contribution in [0.15, 0.2) is 82.8 Å². The molecule has 0 saturated carbocycles. The van der Waals surface area contributed by atoms with Gasteiger partial charge in [0.15, 0.2) is 12.3 Å². The lowest BCUT2D eigenvalue weighted by molar-refractivity contribution is -0.152. The average molecular weight is 547 g/mol. The fourth-order valence-electron chi connectivity index (χ4n) is 4.22. The Morgan fingerprint density at radius 1 is 1.10 bits per heavy atom. The molecule has 13 heteroatoms. The van der Waals surface area contributed by atoms with Crippen LogP contribution < -0.4 is 11.0 Å². The van der Waals surface area contributed by atoms with Crippen LogP contribution in [0.5, 0.6) is 0 Å². The highest BCUT2D eigenvalue weighted by atomic mass is 16.6. The maximum Gasteiger partial charge on any atom is 0.351 e. The number of hydrogen-bond donors (Lipinski definition) is 1. The normalized spacial score (nSPS) is 19.7. The van der Waals surface area contributed by atoms with Gasteiger partial charge in [-0.05, 0) is 35.7 Å². The summed E-state index contributed by atoms with van der Waals surface area (Å²) in [6.07, 6.45) is -1.95. The van der Waals surface area contributed by atoms with Crippen LogP contribution in [0.1, 0.15) is 41.9 Å². The van der Waals surface area contributed by atoms with Gasteiger partial charge in [-0.3, -0.25) is 19.0 Å². The summed E-state index contributed by atoms with van der Waals surface area (Å²) in [7, 11) is 0. The lowest BCUT2D eigenvalue weighted by Crippen LogP contribution is -2.38. The molecular weight excluding hydrogens is 520 g/mol. The molecule has 0 spiro atoms. The zero-order valence-electron chi connectivity index (χ0n) is 21.5. The quantitative estimate of drug-likeness (QED) is 0.174. The van der Waals surface area contributed by atoms with E-state index in [2.05, 4.69) is 20.3 Å². The molecular formula is C27H26N6O7. The summed E-state index contributed by atoms with van der Waals surface area (Å²) in [5.41, 5.74) is 9.55. The maximum atomic E-state index is 12.9. The van der Waals surface area contributed by atoms with Gasteiger partial charge >= 0.3 is 17.6 Å². The zero-order valence-corrected chi connectivity index (χ0v) is 21.5. The summed E-state index contributed by atoms with van der Waals surface area (Å²) >= 11 is 0. The third-order valence-electron chi connectivity index (χ3n) is 6.06. The van der Waals surface area contributed by atoms with Crippen LogP contribution in [-0.4, -0.2) is 45.6 Å². The lowest BCUT2D eigenvalue weighted by Gasteiger charge is -2.22. The van der Waals surface area contributed by atoms with Gasteiger partial charge in [0.2, 0.25) is 0 Å². The Hall–Kier alpha value is -5.00. The molecule has 1 aliphatic rings. The largest absolute Gasteiger partial charge is 0.461 e. The standard InChI is InChI=1S/C27H26N6O7/c1-17(34)39-24-23(31-32-28)20(12-13-22(35)38-16-18-8-4-2-5-9-18)40-26(24)33-15-14-21(30-27(33)37)29-25(36)19-10-6-3-7-11-19/h2-11,14-15,20,23-24,26H,12-13,16H2,1H3,(H,29,30,36,37)/t20-,23-,24-,26-/m1/s1. The van der Waals surface area contributed by atoms with Crippen LogP contribution in [-0.2, 0) is 30.4 Å². The first-order valence-electron chi connectivity index (χ1n) is 12.4. The van der Waals surface area contributed by atoms with Gasteiger partial charge in [0.05, 0.1) is 6.10 Å². The number of nitrogens with zero attached hydrogens (tertiary/aromatic N) is 5. The molecule has 0 radical (unpaired) electrons. The molecule has 1 aliphatic heterocycles. The van der Waals surface area contributed by atoms with Gasteiger partial charge in [-0.1, -0.05) is 53.6 Å². The van der Waals surface area contributed by atoms with Crippen molar-refractivity contribution in [2.75, 3.05) is 5.32 Å². The molecule has 0 aliphatic carbocycles. The number of carbonyl (C=O) groups is 3. The second-order valence-corrected chi connectivity index (χ2v) is 8.84. The maximum absolute atomic E-state index is 12.9. The summed E-state index contributed by atoms with van der Waals surface area (Å²) < 4.78 is 17.8. The number of nitrogens with one attached hydrogen (secondary N) is 1. The summed E-state index contributed by atoms with van der Waals surface area (Å²) in [4.78, 5) is 56.3. The zero-order chi connectivity index (χ0) is 28.5. The molecule has 1 amide bonds. The molecule has 40 heavy (non-hydrogen) atoms. The molecule has 0 unspecified atom stereocenters. The van der Waals surface area contributed by atoms with E-state index >= 15 is 0 Å². The van der Waals surface area contributed by atoms with Crippen molar-refractivity contribution in [3.05, 3.63) is 105 Å². The molecule has 206 valence electrons. The minimum atomic E-state index is -1.20. The van der Waals surface area contributed by atoms with E-state index in [-0.39, 0.29) is 25.3 Å². The van der Waals surface area contributed by atoms with Gasteiger partial charge in [0.1, 0.15) is 18.5 Å². The summed E-state index contributed by atoms with van der Waals surface area (Å²) in [5.74, 6) is -1.64. The number of benzene rings is 2. The fraction of sp³-hybridized carbons (Fsp3) is 0.296. The minimum absolute atomic E-state index is 0.00134. The van der Waals surface area contributed by atoms with E-state index < -0.39 is 48.0 Å². The lowest BCUT2D eigenvalue weighted by atomic mass is 10.0. The Balaban J connectivity index is 1.48. The van der Waals surface area contributed by atoms with E-state index in [0.717, 1.165) is 10.1 Å². The summed E-state index contributed by atoms with van der Waals surface area (Å²) in [6.45, 7) is 1.26. The summed E-state index contributed by atoms with van der Waals surface area (Å²) in [5, 5.41) is 6.29. The van der Waals surface area contributed by atoms with Gasteiger partial charge in [-0.15, -0.1) is 0 Å². The van der Waals surface area contributed by atoms with Crippen molar-refractivity contribution in [3.63, 3.8) is 0 Å². The molecule has 1 aromatic heterocycles. The number of ether oxygens (including phenoxy) is 3. The third kappa shape index (κ3) is 7.10. The third-order valence-corrected chi connectivity index (χ3v) is 6.06. The van der Waals surface area contributed by atoms with E-state index in [1.54, 1.807) is 30.3 Å². The average Bonchev–Trinajstić information content (AvgIpc) is 3.27. The molecule has 4 rings (SSSR count). The Labute approximate surface area is 228 Å². The van der Waals surface area contributed by atoms with Crippen molar-refractivity contribution in [2.45, 2.75) is 50.8 Å². The number of carbonyl (C=O) groups excluding carboxylic acids is 3. The van der Waals surface area contributed by atoms with Crippen LogP contribution in [0.4, 0.5) is 5.82 Å². The highest BCUT2D eigenvalue weighted by Crippen LogP contribution is 2.35. The van der Waals surface area contributed by atoms with Gasteiger partial charge in [-0.25, -0.2) is 4.79 Å². The minimum Gasteiger partial charge on any atom is -0.461 e. The number of azide groups is 1. The molecule has 13 nitrogen and oxygen atoms in total. The molecule has 0 bridgehead atoms. The van der Waals surface area contributed by atoms with Gasteiger partial charge in [0, 0.05) is 30.0 Å². The van der Waals surface area contributed by atoms with E-state index in [9.17, 15) is 19.2 Å². The van der Waals surface area contributed by atoms with Gasteiger partial charge in [-0.2, -0.15) is 4.98 Å². The SMILES string of the molecule is CC(=O)O[C@@H]1[C@H](N=[N+]=[N-])[C@@H](CCC(=O)OCc2ccccc2)O[C@H]1n1ccc(NC(=O)c2ccccc2)nc1=O. The number of rotatable bonds is 10. The van der Waals surface area contributed by atoms with E-state index in [1.165, 1.54) is 19.2 Å². The van der Waals surface area contributed by atoms with Crippen LogP contribution in [0, 0.1) is 0 Å². The predicted molar refractivity (Wildman–Crippen MR) is 141 cm³/mol. The van der Waals surface area contributed by atoms with Crippen LogP contribution in [0.25, 0.3) is 10.4 Å². The van der Waals surface area contributed by atoms with Crippen molar-refractivity contribution in [1.82, 2.24) is 9.55 Å². The predicted octanol–water partition coefficient (Wildman–Crippen LogP) is 3.53. The fourth-order valence-corrected chi connectivity index (χ4v) is 4.22. The van der Waals surface area contributed by atoms with Crippen LogP contribution >= 0.6 is 0 Å². The highest BCUT2D eigenvalue weighted by Gasteiger charge is 2.47. The second kappa shape index (κ2) is 13.2. The van der Waals surface area contributed by atoms with E-state index in [1.807, 2.05) is 30.3 Å². The molecule has 1 saturated heterocycles. The molecule has 1 N–H and O–H groups in total. The molecule has 2 heterocycles. The van der Waals surface area contributed by atoms with Gasteiger partial charge in [0.25, 0.3) is 5.91 Å². The first-order valence-corrected chi connectivity index (χ1v) is 12.4. The number of anilines is 1. The van der Waals surface area contributed by atoms with Crippen molar-refractivity contribution in [3.8, 4) is 0 Å². The number of esters is 2. The van der Waals surface area contributed by atoms with Crippen LogP contribution in [0.2, 0.25) is 0 Å². The molecule has 3 aromatic rings. The van der Waals surface area contributed by atoms with Crippen molar-refractivity contribution in [2.24, 2.45) is 5.11 Å². The Morgan fingerprint density at radius 3 is 2.45 bits per heavy atom. The summed E-state index contributed by atoms with van der Waals surface area (Å²) in [6, 6.07) is 17.9. The Kier molecular flexibility index (Phi) is 9.23. The Bertz CT molecular complexity index is 1460. The first-order chi connectivity index (χ1) is 19.4. The monoisotopic (exact) mass is 546 g/mol. The van der Waals surface area contributed by atoms with Crippen molar-refractivity contribution in [1.29, 1.82) is 0 Å². The first kappa shape index (κ1) is 28.0. The topological polar surface area (TPSA) is 175 Å². The van der Waals surface area contributed by atoms with Gasteiger partial charge < -0.3 is 19.5 Å². The van der Waals surface area contributed by atoms with E-state index in [0.29, 0.717) is 5.56 Å². The van der Waals surface area contributed by atoms with E-state index in [4.69, 9.17) is 19.7 Å².